The molecule has 0 unspecified atom stereocenters. The lowest BCUT2D eigenvalue weighted by Crippen LogP contribution is -2.25. The summed E-state index contributed by atoms with van der Waals surface area (Å²) < 4.78 is 49.3. The molecule has 0 aliphatic heterocycles. The molecule has 27 heavy (non-hydrogen) atoms. The van der Waals surface area contributed by atoms with E-state index in [2.05, 4.69) is 4.72 Å². The summed E-state index contributed by atoms with van der Waals surface area (Å²) in [6, 6.07) is 14.9. The molecule has 0 atom stereocenters. The van der Waals surface area contributed by atoms with Gasteiger partial charge in [0.05, 0.1) is 6.42 Å². The Kier molecular flexibility index (Phi) is 7.97. The zero-order valence-electron chi connectivity index (χ0n) is 14.5. The minimum Gasteiger partial charge on any atom is -0.487 e. The number of para-hydroxylation sites is 1. The summed E-state index contributed by atoms with van der Waals surface area (Å²) in [6.45, 7) is -0.152. The van der Waals surface area contributed by atoms with E-state index >= 15 is 0 Å². The second-order valence-electron chi connectivity index (χ2n) is 5.40. The summed E-state index contributed by atoms with van der Waals surface area (Å²) in [5, 5.41) is 1.04. The molecule has 2 aromatic rings. The lowest BCUT2D eigenvalue weighted by Gasteiger charge is -2.08. The molecule has 2 aromatic carbocycles. The predicted octanol–water partition coefficient (Wildman–Crippen LogP) is 2.73. The number of sulfonamides is 1. The number of benzene rings is 2. The van der Waals surface area contributed by atoms with Crippen LogP contribution in [0.5, 0.6) is 5.75 Å². The minimum atomic E-state index is -3.65. The Bertz CT molecular complexity index is 869. The van der Waals surface area contributed by atoms with Gasteiger partial charge >= 0.3 is 5.97 Å². The summed E-state index contributed by atoms with van der Waals surface area (Å²) in [5.41, 5.74) is 0.747. The number of carbonyl (C=O) groups is 1. The van der Waals surface area contributed by atoms with Crippen LogP contribution >= 0.6 is 0 Å². The molecule has 0 bridgehead atoms. The minimum absolute atomic E-state index is 0.00177. The Hall–Kier alpha value is -2.71. The summed E-state index contributed by atoms with van der Waals surface area (Å²) in [7, 11) is -3.65. The van der Waals surface area contributed by atoms with Crippen LogP contribution in [0.25, 0.3) is 6.08 Å². The van der Waals surface area contributed by atoms with Crippen molar-refractivity contribution in [2.24, 2.45) is 0 Å². The van der Waals surface area contributed by atoms with E-state index in [0.717, 1.165) is 11.0 Å². The quantitative estimate of drug-likeness (QED) is 0.496. The molecule has 144 valence electrons. The molecular weight excluding hydrogens is 373 g/mol. The second-order valence-corrected chi connectivity index (χ2v) is 7.05. The van der Waals surface area contributed by atoms with Crippen LogP contribution in [0.3, 0.4) is 0 Å². The van der Waals surface area contributed by atoms with E-state index in [9.17, 15) is 17.6 Å². The van der Waals surface area contributed by atoms with Crippen molar-refractivity contribution in [1.82, 2.24) is 4.72 Å². The van der Waals surface area contributed by atoms with E-state index in [0.29, 0.717) is 0 Å². The second kappa shape index (κ2) is 10.4. The van der Waals surface area contributed by atoms with E-state index in [4.69, 9.17) is 9.47 Å². The standard InChI is InChI=1S/C19H20FNO5S/c20-17-8-4-5-9-18(17)25-13-14-26-19(22)10-12-21-27(23,24)15-11-16-6-2-1-3-7-16/h1-9,11,15,21H,10,12-14H2/b15-11+. The van der Waals surface area contributed by atoms with E-state index in [-0.39, 0.29) is 31.9 Å². The molecule has 0 fully saturated rings. The first-order valence-corrected chi connectivity index (χ1v) is 9.77. The van der Waals surface area contributed by atoms with Crippen molar-refractivity contribution < 1.29 is 27.1 Å². The number of ether oxygens (including phenoxy) is 2. The summed E-state index contributed by atoms with van der Waals surface area (Å²) >= 11 is 0. The molecule has 0 amide bonds. The molecule has 6 nitrogen and oxygen atoms in total. The molecule has 0 aliphatic carbocycles. The van der Waals surface area contributed by atoms with Crippen molar-refractivity contribution in [3.8, 4) is 5.75 Å². The van der Waals surface area contributed by atoms with Gasteiger partial charge in [0, 0.05) is 12.0 Å². The summed E-state index contributed by atoms with van der Waals surface area (Å²) in [6.07, 6.45) is 1.33. The Balaban J connectivity index is 1.63. The number of nitrogens with one attached hydrogen (secondary N) is 1. The van der Waals surface area contributed by atoms with Crippen LogP contribution < -0.4 is 9.46 Å². The van der Waals surface area contributed by atoms with Crippen LogP contribution in [-0.2, 0) is 19.6 Å². The van der Waals surface area contributed by atoms with E-state index < -0.39 is 21.8 Å². The number of carbonyl (C=O) groups excluding carboxylic acids is 1. The molecule has 1 N–H and O–H groups in total. The Labute approximate surface area is 157 Å². The summed E-state index contributed by atoms with van der Waals surface area (Å²) in [4.78, 5) is 11.6. The number of hydrogen-bond donors (Lipinski definition) is 1. The van der Waals surface area contributed by atoms with Crippen molar-refractivity contribution in [1.29, 1.82) is 0 Å². The van der Waals surface area contributed by atoms with Crippen LogP contribution in [0.15, 0.2) is 60.0 Å². The SMILES string of the molecule is O=C(CCNS(=O)(=O)/C=C/c1ccccc1)OCCOc1ccccc1F. The number of rotatable bonds is 10. The Morgan fingerprint density at radius 1 is 1.04 bits per heavy atom. The van der Waals surface area contributed by atoms with Gasteiger partial charge in [-0.05, 0) is 23.8 Å². The van der Waals surface area contributed by atoms with Gasteiger partial charge in [-0.1, -0.05) is 42.5 Å². The highest BCUT2D eigenvalue weighted by molar-refractivity contribution is 7.92. The third-order valence-electron chi connectivity index (χ3n) is 3.31. The van der Waals surface area contributed by atoms with Gasteiger partial charge in [-0.3, -0.25) is 4.79 Å². The van der Waals surface area contributed by atoms with Crippen molar-refractivity contribution >= 4 is 22.1 Å². The van der Waals surface area contributed by atoms with Crippen LogP contribution in [0.2, 0.25) is 0 Å². The largest absolute Gasteiger partial charge is 0.487 e. The van der Waals surface area contributed by atoms with Crippen molar-refractivity contribution in [3.05, 3.63) is 71.4 Å². The normalized spacial score (nSPS) is 11.4. The van der Waals surface area contributed by atoms with E-state index in [1.165, 1.54) is 24.3 Å². The summed E-state index contributed by atoms with van der Waals surface area (Å²) in [5.74, 6) is -1.00. The van der Waals surface area contributed by atoms with Gasteiger partial charge in [-0.15, -0.1) is 0 Å². The van der Waals surface area contributed by atoms with Gasteiger partial charge in [-0.2, -0.15) is 0 Å². The zero-order chi connectivity index (χ0) is 19.5. The lowest BCUT2D eigenvalue weighted by atomic mass is 10.2. The van der Waals surface area contributed by atoms with Gasteiger partial charge in [0.25, 0.3) is 0 Å². The fraction of sp³-hybridized carbons (Fsp3) is 0.211. The third kappa shape index (κ3) is 8.02. The maximum atomic E-state index is 13.3. The molecule has 0 saturated heterocycles. The Morgan fingerprint density at radius 3 is 2.48 bits per heavy atom. The monoisotopic (exact) mass is 393 g/mol. The topological polar surface area (TPSA) is 81.7 Å². The molecule has 0 aliphatic rings. The average molecular weight is 393 g/mol. The molecule has 0 saturated carbocycles. The zero-order valence-corrected chi connectivity index (χ0v) is 15.3. The van der Waals surface area contributed by atoms with Crippen LogP contribution in [-0.4, -0.2) is 34.1 Å². The molecule has 0 radical (unpaired) electrons. The maximum absolute atomic E-state index is 13.3. The van der Waals surface area contributed by atoms with Crippen LogP contribution in [0.1, 0.15) is 12.0 Å². The number of esters is 1. The van der Waals surface area contributed by atoms with E-state index in [1.807, 2.05) is 6.07 Å². The number of halogens is 1. The van der Waals surface area contributed by atoms with Gasteiger partial charge in [0.2, 0.25) is 10.0 Å². The molecule has 0 heterocycles. The van der Waals surface area contributed by atoms with Gasteiger partial charge in [0.1, 0.15) is 13.2 Å². The first-order chi connectivity index (χ1) is 13.0. The number of hydrogen-bond acceptors (Lipinski definition) is 5. The van der Waals surface area contributed by atoms with Crippen LogP contribution in [0, 0.1) is 5.82 Å². The molecule has 2 rings (SSSR count). The molecule has 8 heteroatoms. The predicted molar refractivity (Wildman–Crippen MR) is 99.9 cm³/mol. The highest BCUT2D eigenvalue weighted by Crippen LogP contribution is 2.14. The maximum Gasteiger partial charge on any atom is 0.307 e. The highest BCUT2D eigenvalue weighted by atomic mass is 32.2. The highest BCUT2D eigenvalue weighted by Gasteiger charge is 2.08. The van der Waals surface area contributed by atoms with Gasteiger partial charge < -0.3 is 9.47 Å². The molecule has 0 aromatic heterocycles. The molecule has 0 spiro atoms. The van der Waals surface area contributed by atoms with Gasteiger partial charge in [0.15, 0.2) is 11.6 Å². The first-order valence-electron chi connectivity index (χ1n) is 8.22. The van der Waals surface area contributed by atoms with Crippen molar-refractivity contribution in [2.75, 3.05) is 19.8 Å². The third-order valence-corrected chi connectivity index (χ3v) is 4.41. The first kappa shape index (κ1) is 20.6. The van der Waals surface area contributed by atoms with E-state index in [1.54, 1.807) is 30.3 Å². The smallest absolute Gasteiger partial charge is 0.307 e. The lowest BCUT2D eigenvalue weighted by molar-refractivity contribution is -0.144. The average Bonchev–Trinajstić information content (AvgIpc) is 2.66. The van der Waals surface area contributed by atoms with Gasteiger partial charge in [-0.25, -0.2) is 17.5 Å². The van der Waals surface area contributed by atoms with Crippen molar-refractivity contribution in [3.63, 3.8) is 0 Å². The van der Waals surface area contributed by atoms with Crippen molar-refractivity contribution in [2.45, 2.75) is 6.42 Å². The molecular formula is C19H20FNO5S. The fourth-order valence-corrected chi connectivity index (χ4v) is 2.84. The van der Waals surface area contributed by atoms with Crippen LogP contribution in [0.4, 0.5) is 4.39 Å². The fourth-order valence-electron chi connectivity index (χ4n) is 2.02. The Morgan fingerprint density at radius 2 is 1.74 bits per heavy atom.